The van der Waals surface area contributed by atoms with Crippen molar-refractivity contribution in [3.8, 4) is 0 Å². The lowest BCUT2D eigenvalue weighted by molar-refractivity contribution is 0.0480. The number of aromatic nitrogens is 1. The van der Waals surface area contributed by atoms with Crippen LogP contribution in [-0.4, -0.2) is 35.3 Å². The minimum Gasteiger partial charge on any atom is -0.462 e. The zero-order valence-corrected chi connectivity index (χ0v) is 13.7. The molecule has 0 spiro atoms. The van der Waals surface area contributed by atoms with Crippen molar-refractivity contribution in [1.29, 1.82) is 0 Å². The summed E-state index contributed by atoms with van der Waals surface area (Å²) >= 11 is 0. The quantitative estimate of drug-likeness (QED) is 0.602. The number of carbonyl (C=O) groups excluding carboxylic acids is 3. The summed E-state index contributed by atoms with van der Waals surface area (Å²) in [6, 6.07) is 5.19. The van der Waals surface area contributed by atoms with E-state index in [0.717, 1.165) is 12.8 Å². The second-order valence-electron chi connectivity index (χ2n) is 5.63. The van der Waals surface area contributed by atoms with Crippen LogP contribution in [0.4, 0.5) is 0 Å². The summed E-state index contributed by atoms with van der Waals surface area (Å²) in [5.74, 6) is -1.52. The van der Waals surface area contributed by atoms with Gasteiger partial charge in [-0.15, -0.1) is 0 Å². The smallest absolute Gasteiger partial charge is 0.341 e. The highest BCUT2D eigenvalue weighted by atomic mass is 16.5. The molecule has 0 bridgehead atoms. The number of pyridine rings is 1. The lowest BCUT2D eigenvalue weighted by Crippen LogP contribution is -2.17. The number of ketones is 1. The van der Waals surface area contributed by atoms with Crippen LogP contribution in [0.15, 0.2) is 24.4 Å². The highest BCUT2D eigenvalue weighted by Crippen LogP contribution is 2.36. The summed E-state index contributed by atoms with van der Waals surface area (Å²) in [6.45, 7) is 3.71. The van der Waals surface area contributed by atoms with Gasteiger partial charge < -0.3 is 13.9 Å². The van der Waals surface area contributed by atoms with Crippen molar-refractivity contribution in [3.63, 3.8) is 0 Å². The Hall–Kier alpha value is -2.63. The standard InChI is InChI=1S/C18H19NO5/c1-3-23-17(21)13-12-7-5-6-10-19(12)15(16(20)11-8-9-11)14(13)18(22)24-4-2/h5-7,10-11H,3-4,8-9H2,1-2H3. The third-order valence-corrected chi connectivity index (χ3v) is 3.98. The first-order chi connectivity index (χ1) is 11.6. The normalized spacial score (nSPS) is 13.8. The topological polar surface area (TPSA) is 74.1 Å². The maximum Gasteiger partial charge on any atom is 0.341 e. The summed E-state index contributed by atoms with van der Waals surface area (Å²) in [6.07, 6.45) is 3.28. The molecule has 2 aromatic heterocycles. The number of nitrogens with zero attached hydrogens (tertiary/aromatic N) is 1. The molecule has 2 heterocycles. The molecule has 0 saturated heterocycles. The molecule has 0 amide bonds. The fraction of sp³-hybridized carbons (Fsp3) is 0.389. The van der Waals surface area contributed by atoms with Gasteiger partial charge in [-0.3, -0.25) is 4.79 Å². The van der Waals surface area contributed by atoms with Crippen molar-refractivity contribution < 1.29 is 23.9 Å². The first kappa shape index (κ1) is 16.2. The van der Waals surface area contributed by atoms with E-state index in [9.17, 15) is 14.4 Å². The molecular weight excluding hydrogens is 310 g/mol. The van der Waals surface area contributed by atoms with Gasteiger partial charge in [-0.05, 0) is 38.8 Å². The summed E-state index contributed by atoms with van der Waals surface area (Å²) in [5.41, 5.74) is 0.802. The van der Waals surface area contributed by atoms with Gasteiger partial charge in [0.05, 0.1) is 18.7 Å². The Morgan fingerprint density at radius 3 is 2.25 bits per heavy atom. The average molecular weight is 329 g/mol. The molecule has 0 aliphatic heterocycles. The fourth-order valence-corrected chi connectivity index (χ4v) is 2.80. The van der Waals surface area contributed by atoms with Crippen molar-refractivity contribution in [2.24, 2.45) is 5.92 Å². The van der Waals surface area contributed by atoms with Crippen LogP contribution >= 0.6 is 0 Å². The van der Waals surface area contributed by atoms with E-state index in [1.807, 2.05) is 0 Å². The molecule has 1 aliphatic carbocycles. The van der Waals surface area contributed by atoms with Crippen LogP contribution < -0.4 is 0 Å². The van der Waals surface area contributed by atoms with Gasteiger partial charge in [0.15, 0.2) is 5.78 Å². The molecular formula is C18H19NO5. The Kier molecular flexibility index (Phi) is 4.38. The zero-order chi connectivity index (χ0) is 17.3. The van der Waals surface area contributed by atoms with Crippen molar-refractivity contribution in [2.45, 2.75) is 26.7 Å². The van der Waals surface area contributed by atoms with E-state index in [0.29, 0.717) is 5.52 Å². The summed E-state index contributed by atoms with van der Waals surface area (Å²) < 4.78 is 11.8. The number of ether oxygens (including phenoxy) is 2. The second kappa shape index (κ2) is 6.47. The minimum atomic E-state index is -0.673. The Balaban J connectivity index is 2.29. The molecule has 6 heteroatoms. The van der Waals surface area contributed by atoms with E-state index in [4.69, 9.17) is 9.47 Å². The molecule has 1 fully saturated rings. The van der Waals surface area contributed by atoms with Crippen molar-refractivity contribution >= 4 is 23.2 Å². The molecule has 0 atom stereocenters. The van der Waals surface area contributed by atoms with Gasteiger partial charge >= 0.3 is 11.9 Å². The van der Waals surface area contributed by atoms with E-state index < -0.39 is 11.9 Å². The second-order valence-corrected chi connectivity index (χ2v) is 5.63. The highest BCUT2D eigenvalue weighted by Gasteiger charge is 2.38. The predicted molar refractivity (Wildman–Crippen MR) is 86.4 cm³/mol. The molecule has 1 aliphatic rings. The maximum atomic E-state index is 12.8. The number of esters is 2. The number of rotatable bonds is 6. The molecule has 126 valence electrons. The number of fused-ring (bicyclic) bond motifs is 1. The molecule has 1 saturated carbocycles. The van der Waals surface area contributed by atoms with Crippen LogP contribution in [0.1, 0.15) is 57.9 Å². The van der Waals surface area contributed by atoms with Crippen LogP contribution in [-0.2, 0) is 9.47 Å². The number of hydrogen-bond acceptors (Lipinski definition) is 5. The summed E-state index contributed by atoms with van der Waals surface area (Å²) in [4.78, 5) is 37.7. The van der Waals surface area contributed by atoms with Gasteiger partial charge in [0, 0.05) is 12.1 Å². The lowest BCUT2D eigenvalue weighted by Gasteiger charge is -2.06. The molecule has 3 rings (SSSR count). The van der Waals surface area contributed by atoms with E-state index in [-0.39, 0.29) is 41.7 Å². The van der Waals surface area contributed by atoms with Crippen LogP contribution in [0, 0.1) is 5.92 Å². The third-order valence-electron chi connectivity index (χ3n) is 3.98. The molecule has 24 heavy (non-hydrogen) atoms. The van der Waals surface area contributed by atoms with Gasteiger partial charge in [-0.2, -0.15) is 0 Å². The van der Waals surface area contributed by atoms with Crippen LogP contribution in [0.5, 0.6) is 0 Å². The molecule has 0 radical (unpaired) electrons. The van der Waals surface area contributed by atoms with Gasteiger partial charge in [-0.1, -0.05) is 6.07 Å². The molecule has 2 aromatic rings. The van der Waals surface area contributed by atoms with Crippen LogP contribution in [0.2, 0.25) is 0 Å². The Bertz CT molecular complexity index is 816. The van der Waals surface area contributed by atoms with E-state index in [2.05, 4.69) is 0 Å². The first-order valence-corrected chi connectivity index (χ1v) is 8.11. The fourth-order valence-electron chi connectivity index (χ4n) is 2.80. The highest BCUT2D eigenvalue weighted by molar-refractivity contribution is 6.16. The third kappa shape index (κ3) is 2.68. The molecule has 0 aromatic carbocycles. The van der Waals surface area contributed by atoms with Crippen LogP contribution in [0.25, 0.3) is 5.52 Å². The molecule has 0 unspecified atom stereocenters. The average Bonchev–Trinajstić information content (AvgIpc) is 3.35. The van der Waals surface area contributed by atoms with Gasteiger partial charge in [0.1, 0.15) is 16.8 Å². The SMILES string of the molecule is CCOC(=O)c1c(C(=O)OCC)c2ccccn2c1C(=O)C1CC1. The maximum absolute atomic E-state index is 12.8. The first-order valence-electron chi connectivity index (χ1n) is 8.11. The number of hydrogen-bond donors (Lipinski definition) is 0. The van der Waals surface area contributed by atoms with E-state index in [1.165, 1.54) is 0 Å². The predicted octanol–water partition coefficient (Wildman–Crippen LogP) is 2.89. The Morgan fingerprint density at radius 2 is 1.67 bits per heavy atom. The lowest BCUT2D eigenvalue weighted by atomic mass is 10.0. The minimum absolute atomic E-state index is 0.0124. The van der Waals surface area contributed by atoms with Crippen LogP contribution in [0.3, 0.4) is 0 Å². The van der Waals surface area contributed by atoms with E-state index >= 15 is 0 Å². The van der Waals surface area contributed by atoms with Crippen molar-refractivity contribution in [1.82, 2.24) is 4.40 Å². The Labute approximate surface area is 139 Å². The molecule has 0 N–H and O–H groups in total. The largest absolute Gasteiger partial charge is 0.462 e. The van der Waals surface area contributed by atoms with Gasteiger partial charge in [0.25, 0.3) is 0 Å². The monoisotopic (exact) mass is 329 g/mol. The summed E-state index contributed by atoms with van der Waals surface area (Å²) in [5, 5.41) is 0. The van der Waals surface area contributed by atoms with Crippen molar-refractivity contribution in [3.05, 3.63) is 41.2 Å². The molecule has 6 nitrogen and oxygen atoms in total. The number of Topliss-reactive ketones (excluding diaryl/α,β-unsaturated/α-hetero) is 1. The number of carbonyl (C=O) groups is 3. The van der Waals surface area contributed by atoms with E-state index in [1.54, 1.807) is 42.6 Å². The Morgan fingerprint density at radius 1 is 1.04 bits per heavy atom. The zero-order valence-electron chi connectivity index (χ0n) is 13.7. The van der Waals surface area contributed by atoms with Crippen molar-refractivity contribution in [2.75, 3.05) is 13.2 Å². The van der Waals surface area contributed by atoms with Gasteiger partial charge in [0.2, 0.25) is 0 Å². The summed E-state index contributed by atoms with van der Waals surface area (Å²) in [7, 11) is 0. The van der Waals surface area contributed by atoms with Gasteiger partial charge in [-0.25, -0.2) is 9.59 Å².